The number of carbonyl (C=O) groups excluding carboxylic acids is 4. The Bertz CT molecular complexity index is 2630. The van der Waals surface area contributed by atoms with Crippen molar-refractivity contribution in [2.75, 3.05) is 39.6 Å². The lowest BCUT2D eigenvalue weighted by atomic mass is 10.1. The van der Waals surface area contributed by atoms with Crippen LogP contribution in [0.3, 0.4) is 0 Å². The summed E-state index contributed by atoms with van der Waals surface area (Å²) in [5, 5.41) is 10.6. The van der Waals surface area contributed by atoms with Gasteiger partial charge in [0.2, 0.25) is 0 Å². The van der Waals surface area contributed by atoms with E-state index >= 15 is 0 Å². The molecule has 0 amide bonds. The molecule has 0 aromatic heterocycles. The zero-order chi connectivity index (χ0) is 71.8. The van der Waals surface area contributed by atoms with E-state index in [-0.39, 0.29) is 25.7 Å². The first-order valence-corrected chi connectivity index (χ1v) is 38.7. The van der Waals surface area contributed by atoms with Crippen LogP contribution < -0.4 is 0 Å². The quantitative estimate of drug-likeness (QED) is 0.0169. The second kappa shape index (κ2) is 69.4. The molecule has 0 rings (SSSR count). The summed E-state index contributed by atoms with van der Waals surface area (Å²) in [6.45, 7) is 4.11. The van der Waals surface area contributed by atoms with Crippen LogP contribution in [0.4, 0.5) is 0 Å². The van der Waals surface area contributed by atoms with Crippen molar-refractivity contribution in [1.82, 2.24) is 0 Å². The molecule has 0 bridgehead atoms. The third-order valence-electron chi connectivity index (χ3n) is 13.6. The zero-order valence-electron chi connectivity index (χ0n) is 59.6. The van der Waals surface area contributed by atoms with E-state index in [0.29, 0.717) is 32.1 Å². The molecule has 0 saturated heterocycles. The van der Waals surface area contributed by atoms with E-state index in [1.165, 1.54) is 6.42 Å². The van der Waals surface area contributed by atoms with Gasteiger partial charge in [-0.25, -0.2) is 9.13 Å². The van der Waals surface area contributed by atoms with E-state index in [2.05, 4.69) is 161 Å². The third-order valence-corrected chi connectivity index (χ3v) is 15.5. The van der Waals surface area contributed by atoms with Gasteiger partial charge in [0.1, 0.15) is 19.3 Å². The standard InChI is InChI=1S/C79H122O17P2/c1-5-9-13-17-21-25-29-32-35-36-39-41-45-48-52-56-60-64-77(82)89-69-74(95-78(83)65-61-57-53-49-43-28-24-20-16-12-8-4)71-93-97(85,86)91-67-73(80)68-92-98(87,88)94-72-75(96-79(84)66-62-58-54-50-46-42-38-34-31-27-23-19-15-11-7-3)70-90-76(81)63-59-55-51-47-44-40-37-33-30-26-22-18-14-10-6-2/h9-11,13-15,20-27,32-35,37-39,41,44,46-48,50,52,55,58-59,62,73-75,80H,5-8,12,16-19,28-31,36,40,42-43,45,49,51,53-54,56-57,60-61,63-72H2,1-4H3,(H,85,86)(H,87,88)/b13-9-,14-10-,15-11-,24-20-,25-21-,26-22-,27-23-,35-32-,37-33-,38-34-,41-39-,47-44-,50-46-,52-48-,59-55-,62-58-. The first kappa shape index (κ1) is 91.9. The normalized spacial score (nSPS) is 15.1. The van der Waals surface area contributed by atoms with Crippen LogP contribution in [0.15, 0.2) is 194 Å². The lowest BCUT2D eigenvalue weighted by Crippen LogP contribution is -2.30. The number of rotatable bonds is 64. The van der Waals surface area contributed by atoms with E-state index in [1.54, 1.807) is 24.3 Å². The van der Waals surface area contributed by atoms with Crippen molar-refractivity contribution >= 4 is 39.5 Å². The number of unbranched alkanes of at least 4 members (excludes halogenated alkanes) is 8. The van der Waals surface area contributed by atoms with Gasteiger partial charge in [0.05, 0.1) is 39.3 Å². The molecule has 17 nitrogen and oxygen atoms in total. The number of hydrogen-bond acceptors (Lipinski definition) is 15. The average Bonchev–Trinajstić information content (AvgIpc) is 0.986. The summed E-state index contributed by atoms with van der Waals surface area (Å²) >= 11 is 0. The molecule has 3 N–H and O–H groups in total. The highest BCUT2D eigenvalue weighted by atomic mass is 31.2. The number of phosphoric acid groups is 2. The fraction of sp³-hybridized carbons (Fsp3) is 0.544. The van der Waals surface area contributed by atoms with Crippen LogP contribution in [0, 0.1) is 0 Å². The fourth-order valence-electron chi connectivity index (χ4n) is 8.26. The van der Waals surface area contributed by atoms with Gasteiger partial charge in [-0.05, 0) is 135 Å². The van der Waals surface area contributed by atoms with Crippen LogP contribution >= 0.6 is 15.6 Å². The molecular formula is C79H122O17P2. The Labute approximate surface area is 589 Å². The van der Waals surface area contributed by atoms with Crippen LogP contribution in [-0.4, -0.2) is 96.7 Å². The number of allylic oxidation sites excluding steroid dienone is 30. The average molecular weight is 1410 g/mol. The summed E-state index contributed by atoms with van der Waals surface area (Å²) in [6, 6.07) is 0. The number of esters is 4. The van der Waals surface area contributed by atoms with Gasteiger partial charge in [-0.15, -0.1) is 0 Å². The molecule has 0 aromatic carbocycles. The minimum atomic E-state index is -5.03. The Morgan fingerprint density at radius 3 is 0.990 bits per heavy atom. The van der Waals surface area contributed by atoms with Crippen LogP contribution in [-0.2, 0) is 65.4 Å². The molecule has 0 aliphatic carbocycles. The lowest BCUT2D eigenvalue weighted by molar-refractivity contribution is -0.161. The van der Waals surface area contributed by atoms with Crippen molar-refractivity contribution in [3.05, 3.63) is 194 Å². The topological polar surface area (TPSA) is 237 Å². The van der Waals surface area contributed by atoms with Crippen LogP contribution in [0.1, 0.15) is 220 Å². The monoisotopic (exact) mass is 1400 g/mol. The third kappa shape index (κ3) is 68.4. The zero-order valence-corrected chi connectivity index (χ0v) is 61.4. The second-order valence-corrected chi connectivity index (χ2v) is 25.6. The molecule has 0 aliphatic heterocycles. The largest absolute Gasteiger partial charge is 0.472 e. The van der Waals surface area contributed by atoms with E-state index in [4.69, 9.17) is 37.0 Å². The highest BCUT2D eigenvalue weighted by Crippen LogP contribution is 2.45. The summed E-state index contributed by atoms with van der Waals surface area (Å²) in [4.78, 5) is 72.5. The molecule has 0 heterocycles. The van der Waals surface area contributed by atoms with Gasteiger partial charge in [-0.1, -0.05) is 254 Å². The number of ether oxygens (including phenoxy) is 4. The Balaban J connectivity index is 5.54. The molecule has 550 valence electrons. The molecule has 0 saturated carbocycles. The molecule has 19 heteroatoms. The molecule has 0 aromatic rings. The molecule has 5 atom stereocenters. The second-order valence-electron chi connectivity index (χ2n) is 22.7. The van der Waals surface area contributed by atoms with Crippen LogP contribution in [0.25, 0.3) is 0 Å². The van der Waals surface area contributed by atoms with Gasteiger partial charge in [0.25, 0.3) is 0 Å². The summed E-state index contributed by atoms with van der Waals surface area (Å²) in [5.74, 6) is -2.58. The first-order chi connectivity index (χ1) is 47.7. The first-order valence-electron chi connectivity index (χ1n) is 35.7. The predicted molar refractivity (Wildman–Crippen MR) is 399 cm³/mol. The van der Waals surface area contributed by atoms with Gasteiger partial charge >= 0.3 is 39.5 Å². The maximum absolute atomic E-state index is 13.0. The van der Waals surface area contributed by atoms with Gasteiger partial charge in [-0.3, -0.25) is 37.3 Å². The molecule has 0 radical (unpaired) electrons. The van der Waals surface area contributed by atoms with Gasteiger partial charge in [0, 0.05) is 12.8 Å². The Morgan fingerprint density at radius 2 is 0.592 bits per heavy atom. The highest BCUT2D eigenvalue weighted by molar-refractivity contribution is 7.47. The molecular weight excluding hydrogens is 1280 g/mol. The smallest absolute Gasteiger partial charge is 0.462 e. The maximum atomic E-state index is 13.0. The molecule has 0 aliphatic rings. The fourth-order valence-corrected chi connectivity index (χ4v) is 9.84. The van der Waals surface area contributed by atoms with Gasteiger partial charge in [-0.2, -0.15) is 0 Å². The minimum absolute atomic E-state index is 0.0595. The summed E-state index contributed by atoms with van der Waals surface area (Å²) in [6.07, 6.45) is 83.8. The molecule has 0 spiro atoms. The Kier molecular flexibility index (Phi) is 65.1. The van der Waals surface area contributed by atoms with Crippen LogP contribution in [0.2, 0.25) is 0 Å². The summed E-state index contributed by atoms with van der Waals surface area (Å²) in [7, 11) is -10.0. The SMILES string of the molecule is CC/C=C\C/C=C\C/C=C\C/C=C\C/C=C\CCCC(=O)OCC(COP(=O)(O)OCC(O)COP(=O)(O)OCC(COC(=O)C/C=C\C/C=C\C/C=C\C/C=C\C/C=C\CC)OC(=O)C/C=C\C/C=C\C/C=C\C/C=C\C/C=C\CC)OC(=O)CCCCCCC/C=C\CCCC. The molecule has 5 unspecified atom stereocenters. The Morgan fingerprint density at radius 1 is 0.306 bits per heavy atom. The summed E-state index contributed by atoms with van der Waals surface area (Å²) in [5.41, 5.74) is 0. The van der Waals surface area contributed by atoms with Crippen molar-refractivity contribution < 1.29 is 80.2 Å². The number of hydrogen-bond donors (Lipinski definition) is 3. The Hall–Kier alpha value is -6.10. The van der Waals surface area contributed by atoms with E-state index in [9.17, 15) is 43.2 Å². The highest BCUT2D eigenvalue weighted by Gasteiger charge is 2.30. The minimum Gasteiger partial charge on any atom is -0.462 e. The number of aliphatic hydroxyl groups excluding tert-OH is 1. The van der Waals surface area contributed by atoms with Crippen molar-refractivity contribution in [1.29, 1.82) is 0 Å². The van der Waals surface area contributed by atoms with Gasteiger partial charge in [0.15, 0.2) is 12.2 Å². The van der Waals surface area contributed by atoms with Gasteiger partial charge < -0.3 is 33.8 Å². The van der Waals surface area contributed by atoms with Crippen molar-refractivity contribution in [3.8, 4) is 0 Å². The van der Waals surface area contributed by atoms with Crippen molar-refractivity contribution in [2.24, 2.45) is 0 Å². The maximum Gasteiger partial charge on any atom is 0.472 e. The predicted octanol–water partition coefficient (Wildman–Crippen LogP) is 20.2. The molecule has 98 heavy (non-hydrogen) atoms. The van der Waals surface area contributed by atoms with E-state index in [0.717, 1.165) is 128 Å². The van der Waals surface area contributed by atoms with E-state index < -0.39 is 97.5 Å². The lowest BCUT2D eigenvalue weighted by Gasteiger charge is -2.21. The van der Waals surface area contributed by atoms with Crippen molar-refractivity contribution in [3.63, 3.8) is 0 Å². The number of aliphatic hydroxyl groups is 1. The number of carbonyl (C=O) groups is 4. The number of phosphoric ester groups is 2. The van der Waals surface area contributed by atoms with E-state index in [1.807, 2.05) is 36.5 Å². The summed E-state index contributed by atoms with van der Waals surface area (Å²) < 4.78 is 67.9. The van der Waals surface area contributed by atoms with Crippen molar-refractivity contribution in [2.45, 2.75) is 239 Å². The molecule has 0 fully saturated rings. The van der Waals surface area contributed by atoms with Crippen LogP contribution in [0.5, 0.6) is 0 Å².